The first kappa shape index (κ1) is 23.6. The second-order valence-corrected chi connectivity index (χ2v) is 6.87. The lowest BCUT2D eigenvalue weighted by Crippen LogP contribution is -2.70. The average Bonchev–Trinajstić information content (AvgIpc) is 2.68. The Morgan fingerprint density at radius 2 is 1.87 bits per heavy atom. The molecule has 13 nitrogen and oxygen atoms in total. The van der Waals surface area contributed by atoms with E-state index in [-0.39, 0.29) is 11.3 Å². The number of nitrogens with one attached hydrogen (secondary N) is 1. The van der Waals surface area contributed by atoms with Gasteiger partial charge in [0.1, 0.15) is 18.3 Å². The van der Waals surface area contributed by atoms with Crippen molar-refractivity contribution in [2.75, 3.05) is 6.61 Å². The van der Waals surface area contributed by atoms with Gasteiger partial charge in [-0.05, 0) is 5.56 Å². The summed E-state index contributed by atoms with van der Waals surface area (Å²) < 4.78 is 5.18. The highest BCUT2D eigenvalue weighted by Crippen LogP contribution is 2.42. The van der Waals surface area contributed by atoms with Crippen molar-refractivity contribution in [3.8, 4) is 0 Å². The van der Waals surface area contributed by atoms with Crippen LogP contribution in [0.1, 0.15) is 18.4 Å². The Morgan fingerprint density at radius 1 is 1.30 bits per heavy atom. The summed E-state index contributed by atoms with van der Waals surface area (Å²) in [4.78, 5) is 33.6. The van der Waals surface area contributed by atoms with Gasteiger partial charge >= 0.3 is 5.97 Å². The van der Waals surface area contributed by atoms with Gasteiger partial charge in [-0.25, -0.2) is 4.79 Å². The Morgan fingerprint density at radius 3 is 2.30 bits per heavy atom. The first-order valence-electron chi connectivity index (χ1n) is 8.74. The fourth-order valence-electron chi connectivity index (χ4n) is 3.41. The molecule has 1 unspecified atom stereocenters. The van der Waals surface area contributed by atoms with Crippen LogP contribution in [0.3, 0.4) is 0 Å². The number of hydrogen-bond acceptors (Lipinski definition) is 10. The summed E-state index contributed by atoms with van der Waals surface area (Å²) in [6, 6.07) is 2.74. The Balaban J connectivity index is 2.56. The smallest absolute Gasteiger partial charge is 0.365 e. The van der Waals surface area contributed by atoms with Gasteiger partial charge in [0.05, 0.1) is 29.6 Å². The predicted octanol–water partition coefficient (Wildman–Crippen LogP) is -2.57. The Hall–Kier alpha value is -2.68. The number of carbonyl (C=O) groups is 2. The number of carboxylic acid groups (broad SMARTS) is 1. The fraction of sp³-hybridized carbons (Fsp3) is 0.529. The molecule has 13 heteroatoms. The summed E-state index contributed by atoms with van der Waals surface area (Å²) in [5.74, 6) is -7.56. The molecule has 7 atom stereocenters. The van der Waals surface area contributed by atoms with E-state index < -0.39 is 65.6 Å². The van der Waals surface area contributed by atoms with Crippen LogP contribution in [0.5, 0.6) is 0 Å². The maximum absolute atomic E-state index is 11.8. The number of hydrogen-bond donors (Lipinski definition) is 7. The maximum Gasteiger partial charge on any atom is 0.365 e. The Kier molecular flexibility index (Phi) is 7.07. The first-order valence-corrected chi connectivity index (χ1v) is 8.74. The summed E-state index contributed by atoms with van der Waals surface area (Å²) >= 11 is 0. The molecular formula is C17H22N2O11. The highest BCUT2D eigenvalue weighted by molar-refractivity contribution is 5.78. The molecule has 0 aliphatic carbocycles. The van der Waals surface area contributed by atoms with Gasteiger partial charge in [-0.2, -0.15) is 0 Å². The molecule has 30 heavy (non-hydrogen) atoms. The van der Waals surface area contributed by atoms with Crippen LogP contribution >= 0.6 is 0 Å². The number of aliphatic hydroxyl groups is 5. The van der Waals surface area contributed by atoms with Crippen molar-refractivity contribution < 1.29 is 49.9 Å². The van der Waals surface area contributed by atoms with Crippen LogP contribution in [-0.4, -0.2) is 90.3 Å². The van der Waals surface area contributed by atoms with Gasteiger partial charge in [-0.15, -0.1) is 0 Å². The summed E-state index contributed by atoms with van der Waals surface area (Å²) in [7, 11) is 0. The minimum atomic E-state index is -3.15. The molecular weight excluding hydrogens is 408 g/mol. The lowest BCUT2D eigenvalue weighted by atomic mass is 9.76. The minimum absolute atomic E-state index is 0.0657. The summed E-state index contributed by atoms with van der Waals surface area (Å²) in [6.45, 7) is 0.110. The molecule has 0 spiro atoms. The van der Waals surface area contributed by atoms with Crippen molar-refractivity contribution in [2.24, 2.45) is 0 Å². The van der Waals surface area contributed by atoms with Gasteiger partial charge in [0.2, 0.25) is 5.91 Å². The van der Waals surface area contributed by atoms with Crippen molar-refractivity contribution in [3.05, 3.63) is 39.9 Å². The highest BCUT2D eigenvalue weighted by Gasteiger charge is 2.60. The standard InChI is InChI=1S/C17H22N2O11/c1-7(21)18-12-14(24)11(8-2-4-9(5-3-8)19(28)29)17(27,16(25)26)30-15(12)13(23)10(22)6-20/h2-5,10-15,20,22-24,27H,6H2,1H3,(H,18,21)(H,25,26)/t10-,11?,12-,13-,14+,15-,17-/m1/s1. The number of amides is 1. The van der Waals surface area contributed by atoms with Crippen LogP contribution in [0.25, 0.3) is 0 Å². The topological polar surface area (TPSA) is 220 Å². The maximum atomic E-state index is 11.8. The Labute approximate surface area is 169 Å². The number of nitro benzene ring substituents is 1. The number of nitrogens with zero attached hydrogens (tertiary/aromatic N) is 1. The third kappa shape index (κ3) is 4.40. The quantitative estimate of drug-likeness (QED) is 0.176. The molecule has 1 fully saturated rings. The average molecular weight is 430 g/mol. The molecule has 7 N–H and O–H groups in total. The van der Waals surface area contributed by atoms with Gasteiger partial charge in [-0.3, -0.25) is 14.9 Å². The monoisotopic (exact) mass is 430 g/mol. The lowest BCUT2D eigenvalue weighted by molar-refractivity contribution is -0.384. The van der Waals surface area contributed by atoms with E-state index in [1.165, 1.54) is 0 Å². The molecule has 0 saturated carbocycles. The lowest BCUT2D eigenvalue weighted by Gasteiger charge is -2.49. The molecule has 1 aromatic rings. The molecule has 0 radical (unpaired) electrons. The van der Waals surface area contributed by atoms with E-state index in [2.05, 4.69) is 5.32 Å². The SMILES string of the molecule is CC(=O)N[C@H]1[C@H]([C@H](O)[C@H](O)CO)O[C@@](O)(C(=O)O)C(c2ccc([N+](=O)[O-])cc2)[C@@H]1O. The fourth-order valence-corrected chi connectivity index (χ4v) is 3.41. The van der Waals surface area contributed by atoms with Crippen molar-refractivity contribution >= 4 is 17.6 Å². The number of nitro groups is 1. The zero-order valence-electron chi connectivity index (χ0n) is 15.7. The number of aliphatic carboxylic acids is 1. The molecule has 1 heterocycles. The second-order valence-electron chi connectivity index (χ2n) is 6.87. The number of benzene rings is 1. The van der Waals surface area contributed by atoms with Gasteiger partial charge in [0, 0.05) is 19.1 Å². The number of aliphatic hydroxyl groups excluding tert-OH is 4. The van der Waals surface area contributed by atoms with E-state index in [4.69, 9.17) is 9.84 Å². The second kappa shape index (κ2) is 8.99. The van der Waals surface area contributed by atoms with Crippen LogP contribution in [-0.2, 0) is 14.3 Å². The number of non-ortho nitro benzene ring substituents is 1. The predicted molar refractivity (Wildman–Crippen MR) is 96.0 cm³/mol. The van der Waals surface area contributed by atoms with Crippen molar-refractivity contribution in [3.63, 3.8) is 0 Å². The molecule has 1 amide bonds. The molecule has 166 valence electrons. The molecule has 0 aromatic heterocycles. The Bertz CT molecular complexity index is 801. The van der Waals surface area contributed by atoms with E-state index in [1.807, 2.05) is 0 Å². The molecule has 1 aliphatic rings. The van der Waals surface area contributed by atoms with Crippen LogP contribution in [0.2, 0.25) is 0 Å². The molecule has 0 bridgehead atoms. The normalized spacial score (nSPS) is 30.9. The summed E-state index contributed by atoms with van der Waals surface area (Å²) in [5.41, 5.74) is -0.398. The van der Waals surface area contributed by atoms with Gasteiger partial charge < -0.3 is 40.7 Å². The summed E-state index contributed by atoms with van der Waals surface area (Å²) in [6.07, 6.45) is -7.55. The number of rotatable bonds is 7. The third-order valence-corrected chi connectivity index (χ3v) is 4.86. The number of ether oxygens (including phenoxy) is 1. The van der Waals surface area contributed by atoms with E-state index in [1.54, 1.807) is 0 Å². The van der Waals surface area contributed by atoms with E-state index in [0.29, 0.717) is 0 Å². The van der Waals surface area contributed by atoms with Gasteiger partial charge in [0.25, 0.3) is 11.5 Å². The van der Waals surface area contributed by atoms with E-state index >= 15 is 0 Å². The zero-order chi connectivity index (χ0) is 22.8. The van der Waals surface area contributed by atoms with Crippen molar-refractivity contribution in [2.45, 2.75) is 49.1 Å². The van der Waals surface area contributed by atoms with Gasteiger partial charge in [0.15, 0.2) is 0 Å². The summed E-state index contributed by atoms with van der Waals surface area (Å²) in [5, 5.41) is 73.3. The highest BCUT2D eigenvalue weighted by atomic mass is 16.7. The molecule has 2 rings (SSSR count). The minimum Gasteiger partial charge on any atom is -0.477 e. The van der Waals surface area contributed by atoms with Gasteiger partial charge in [-0.1, -0.05) is 12.1 Å². The number of carboxylic acids is 1. The van der Waals surface area contributed by atoms with Crippen LogP contribution < -0.4 is 5.32 Å². The van der Waals surface area contributed by atoms with Crippen molar-refractivity contribution in [1.29, 1.82) is 0 Å². The molecule has 1 aromatic carbocycles. The van der Waals surface area contributed by atoms with Crippen molar-refractivity contribution in [1.82, 2.24) is 5.32 Å². The van der Waals surface area contributed by atoms with Crippen LogP contribution in [0, 0.1) is 10.1 Å². The van der Waals surface area contributed by atoms with Crippen LogP contribution in [0.15, 0.2) is 24.3 Å². The number of carbonyl (C=O) groups excluding carboxylic acids is 1. The molecule has 1 aliphatic heterocycles. The largest absolute Gasteiger partial charge is 0.477 e. The zero-order valence-corrected chi connectivity index (χ0v) is 15.7. The van der Waals surface area contributed by atoms with Crippen LogP contribution in [0.4, 0.5) is 5.69 Å². The molecule has 1 saturated heterocycles. The van der Waals surface area contributed by atoms with E-state index in [9.17, 15) is 45.2 Å². The first-order chi connectivity index (χ1) is 13.9. The third-order valence-electron chi connectivity index (χ3n) is 4.86. The van der Waals surface area contributed by atoms with E-state index in [0.717, 1.165) is 31.2 Å².